The van der Waals surface area contributed by atoms with Gasteiger partial charge in [-0.25, -0.2) is 0 Å². The molecule has 3 rings (SSSR count). The van der Waals surface area contributed by atoms with E-state index in [-0.39, 0.29) is 0 Å². The summed E-state index contributed by atoms with van der Waals surface area (Å²) in [5.74, 6) is 1.57. The maximum Gasteiger partial charge on any atom is 0.231 e. The summed E-state index contributed by atoms with van der Waals surface area (Å²) in [5, 5.41) is 4.12. The van der Waals surface area contributed by atoms with Crippen LogP contribution in [0.5, 0.6) is 11.5 Å². The Kier molecular flexibility index (Phi) is 3.70. The lowest BCUT2D eigenvalue weighted by Crippen LogP contribution is -2.49. The molecule has 2 heterocycles. The molecule has 0 aliphatic carbocycles. The standard InChI is InChI=1S/C15H20N2O2S/c1-10-4-3-5-11(2)17(10)15(20)16-12-6-7-13-14(8-12)19-9-18-13/h6-8,10-11H,3-5,9H2,1-2H3,(H,16,20). The monoisotopic (exact) mass is 292 g/mol. The number of thiocarbonyl (C=S) groups is 1. The summed E-state index contributed by atoms with van der Waals surface area (Å²) in [6.45, 7) is 4.77. The molecule has 2 atom stereocenters. The summed E-state index contributed by atoms with van der Waals surface area (Å²) >= 11 is 5.58. The second kappa shape index (κ2) is 5.48. The third-order valence-corrected chi connectivity index (χ3v) is 4.36. The first-order valence-electron chi connectivity index (χ1n) is 7.14. The van der Waals surface area contributed by atoms with Gasteiger partial charge in [0.25, 0.3) is 0 Å². The van der Waals surface area contributed by atoms with E-state index >= 15 is 0 Å². The number of nitrogens with zero attached hydrogens (tertiary/aromatic N) is 1. The van der Waals surface area contributed by atoms with E-state index in [2.05, 4.69) is 24.1 Å². The lowest BCUT2D eigenvalue weighted by Gasteiger charge is -2.40. The number of fused-ring (bicyclic) bond motifs is 1. The topological polar surface area (TPSA) is 33.7 Å². The van der Waals surface area contributed by atoms with Crippen LogP contribution >= 0.6 is 12.2 Å². The van der Waals surface area contributed by atoms with Crippen LogP contribution in [0.15, 0.2) is 18.2 Å². The molecule has 1 saturated heterocycles. The number of anilines is 1. The van der Waals surface area contributed by atoms with Crippen LogP contribution in [0.1, 0.15) is 33.1 Å². The van der Waals surface area contributed by atoms with Gasteiger partial charge < -0.3 is 19.7 Å². The van der Waals surface area contributed by atoms with Gasteiger partial charge in [-0.1, -0.05) is 0 Å². The van der Waals surface area contributed by atoms with Crippen molar-refractivity contribution in [2.75, 3.05) is 12.1 Å². The summed E-state index contributed by atoms with van der Waals surface area (Å²) in [7, 11) is 0. The van der Waals surface area contributed by atoms with Crippen molar-refractivity contribution in [2.45, 2.75) is 45.2 Å². The van der Waals surface area contributed by atoms with E-state index in [1.54, 1.807) is 0 Å². The largest absolute Gasteiger partial charge is 0.454 e. The second-order valence-electron chi connectivity index (χ2n) is 5.53. The zero-order valence-electron chi connectivity index (χ0n) is 11.9. The first-order valence-corrected chi connectivity index (χ1v) is 7.55. The highest BCUT2D eigenvalue weighted by molar-refractivity contribution is 7.80. The number of likely N-dealkylation sites (tertiary alicyclic amines) is 1. The van der Waals surface area contributed by atoms with Gasteiger partial charge in [0.15, 0.2) is 16.6 Å². The maximum atomic E-state index is 5.58. The fourth-order valence-corrected chi connectivity index (χ4v) is 3.46. The first kappa shape index (κ1) is 13.5. The van der Waals surface area contributed by atoms with E-state index < -0.39 is 0 Å². The van der Waals surface area contributed by atoms with Crippen molar-refractivity contribution in [1.29, 1.82) is 0 Å². The normalized spacial score (nSPS) is 24.6. The van der Waals surface area contributed by atoms with Crippen LogP contribution in [0.2, 0.25) is 0 Å². The minimum atomic E-state index is 0.295. The Hall–Kier alpha value is -1.49. The summed E-state index contributed by atoms with van der Waals surface area (Å²) < 4.78 is 10.7. The highest BCUT2D eigenvalue weighted by atomic mass is 32.1. The molecule has 0 radical (unpaired) electrons. The highest BCUT2D eigenvalue weighted by Gasteiger charge is 2.26. The molecule has 1 aromatic carbocycles. The van der Waals surface area contributed by atoms with Crippen molar-refractivity contribution in [3.63, 3.8) is 0 Å². The third kappa shape index (κ3) is 2.54. The Morgan fingerprint density at radius 3 is 2.65 bits per heavy atom. The third-order valence-electron chi connectivity index (χ3n) is 4.05. The molecule has 2 aliphatic heterocycles. The van der Waals surface area contributed by atoms with Crippen LogP contribution in [0.3, 0.4) is 0 Å². The van der Waals surface area contributed by atoms with Gasteiger partial charge in [-0.05, 0) is 57.5 Å². The van der Waals surface area contributed by atoms with E-state index in [1.807, 2.05) is 18.2 Å². The minimum Gasteiger partial charge on any atom is -0.454 e. The number of hydrogen-bond donors (Lipinski definition) is 1. The fourth-order valence-electron chi connectivity index (χ4n) is 2.98. The molecular formula is C15H20N2O2S. The number of ether oxygens (including phenoxy) is 2. The molecule has 20 heavy (non-hydrogen) atoms. The van der Waals surface area contributed by atoms with Crippen molar-refractivity contribution in [3.05, 3.63) is 18.2 Å². The van der Waals surface area contributed by atoms with Gasteiger partial charge >= 0.3 is 0 Å². The zero-order chi connectivity index (χ0) is 14.1. The minimum absolute atomic E-state index is 0.295. The van der Waals surface area contributed by atoms with Crippen LogP contribution in [-0.2, 0) is 0 Å². The molecule has 1 fully saturated rings. The predicted octanol–water partition coefficient (Wildman–Crippen LogP) is 3.38. The van der Waals surface area contributed by atoms with Gasteiger partial charge in [0.05, 0.1) is 0 Å². The van der Waals surface area contributed by atoms with Crippen molar-refractivity contribution in [1.82, 2.24) is 4.90 Å². The number of piperidine rings is 1. The van der Waals surface area contributed by atoms with E-state index in [9.17, 15) is 0 Å². The van der Waals surface area contributed by atoms with Gasteiger partial charge in [0, 0.05) is 23.8 Å². The van der Waals surface area contributed by atoms with Crippen molar-refractivity contribution >= 4 is 23.0 Å². The number of hydrogen-bond acceptors (Lipinski definition) is 3. The summed E-state index contributed by atoms with van der Waals surface area (Å²) in [5.41, 5.74) is 0.948. The Bertz CT molecular complexity index is 511. The second-order valence-corrected chi connectivity index (χ2v) is 5.92. The molecule has 0 aromatic heterocycles. The van der Waals surface area contributed by atoms with Crippen molar-refractivity contribution in [2.24, 2.45) is 0 Å². The molecule has 2 aliphatic rings. The van der Waals surface area contributed by atoms with Crippen molar-refractivity contribution < 1.29 is 9.47 Å². The number of nitrogens with one attached hydrogen (secondary N) is 1. The number of rotatable bonds is 1. The smallest absolute Gasteiger partial charge is 0.231 e. The molecule has 108 valence electrons. The molecule has 5 heteroatoms. The molecule has 0 bridgehead atoms. The maximum absolute atomic E-state index is 5.58. The Morgan fingerprint density at radius 2 is 1.90 bits per heavy atom. The van der Waals surface area contributed by atoms with Crippen LogP contribution in [0.25, 0.3) is 0 Å². The van der Waals surface area contributed by atoms with Crippen LogP contribution in [0.4, 0.5) is 5.69 Å². The average molecular weight is 292 g/mol. The van der Waals surface area contributed by atoms with Gasteiger partial charge in [-0.15, -0.1) is 0 Å². The lowest BCUT2D eigenvalue weighted by atomic mass is 9.98. The first-order chi connectivity index (χ1) is 9.65. The lowest BCUT2D eigenvalue weighted by molar-refractivity contribution is 0.174. The molecule has 1 N–H and O–H groups in total. The summed E-state index contributed by atoms with van der Waals surface area (Å²) in [6, 6.07) is 6.81. The zero-order valence-corrected chi connectivity index (χ0v) is 12.7. The molecule has 0 saturated carbocycles. The Morgan fingerprint density at radius 1 is 1.20 bits per heavy atom. The molecular weight excluding hydrogens is 272 g/mol. The Balaban J connectivity index is 1.72. The number of benzene rings is 1. The van der Waals surface area contributed by atoms with Crippen molar-refractivity contribution in [3.8, 4) is 11.5 Å². The molecule has 0 spiro atoms. The average Bonchev–Trinajstić information content (AvgIpc) is 2.85. The van der Waals surface area contributed by atoms with E-state index in [0.29, 0.717) is 18.9 Å². The summed E-state index contributed by atoms with van der Waals surface area (Å²) in [4.78, 5) is 2.31. The van der Waals surface area contributed by atoms with Gasteiger partial charge in [-0.3, -0.25) is 0 Å². The molecule has 2 unspecified atom stereocenters. The van der Waals surface area contributed by atoms with E-state index in [0.717, 1.165) is 22.3 Å². The molecule has 1 aromatic rings. The van der Waals surface area contributed by atoms with Crippen LogP contribution in [0, 0.1) is 0 Å². The quantitative estimate of drug-likeness (QED) is 0.803. The van der Waals surface area contributed by atoms with Gasteiger partial charge in [-0.2, -0.15) is 0 Å². The van der Waals surface area contributed by atoms with E-state index in [4.69, 9.17) is 21.7 Å². The molecule has 0 amide bonds. The van der Waals surface area contributed by atoms with Gasteiger partial charge in [0.1, 0.15) is 0 Å². The van der Waals surface area contributed by atoms with Crippen LogP contribution < -0.4 is 14.8 Å². The fraction of sp³-hybridized carbons (Fsp3) is 0.533. The van der Waals surface area contributed by atoms with Crippen LogP contribution in [-0.4, -0.2) is 28.9 Å². The molecule has 4 nitrogen and oxygen atoms in total. The highest BCUT2D eigenvalue weighted by Crippen LogP contribution is 2.34. The van der Waals surface area contributed by atoms with Gasteiger partial charge in [0.2, 0.25) is 6.79 Å². The Labute approximate surface area is 125 Å². The van der Waals surface area contributed by atoms with E-state index in [1.165, 1.54) is 19.3 Å². The summed E-state index contributed by atoms with van der Waals surface area (Å²) in [6.07, 6.45) is 3.69. The SMILES string of the molecule is CC1CCCC(C)N1C(=S)Nc1ccc2c(c1)OCO2. The predicted molar refractivity (Wildman–Crippen MR) is 83.4 cm³/mol.